The largest absolute Gasteiger partial charge is 0.477 e. The van der Waals surface area contributed by atoms with E-state index >= 15 is 0 Å². The summed E-state index contributed by atoms with van der Waals surface area (Å²) in [6.07, 6.45) is -0.359. The lowest BCUT2D eigenvalue weighted by molar-refractivity contribution is -0.124. The van der Waals surface area contributed by atoms with E-state index in [0.29, 0.717) is 0 Å². The Kier molecular flexibility index (Phi) is 3.50. The van der Waals surface area contributed by atoms with Gasteiger partial charge in [0, 0.05) is 24.8 Å². The highest BCUT2D eigenvalue weighted by Crippen LogP contribution is 2.36. The molecule has 1 fully saturated rings. The number of amides is 1. The quantitative estimate of drug-likeness (QED) is 0.783. The van der Waals surface area contributed by atoms with Gasteiger partial charge >= 0.3 is 5.97 Å². The maximum atomic E-state index is 12.9. The maximum absolute atomic E-state index is 12.9. The van der Waals surface area contributed by atoms with Crippen molar-refractivity contribution in [2.45, 2.75) is 31.6 Å². The number of aromatic carboxylic acids is 1. The summed E-state index contributed by atoms with van der Waals surface area (Å²) in [5.74, 6) is -4.67. The van der Waals surface area contributed by atoms with Crippen LogP contribution in [0.5, 0.6) is 0 Å². The van der Waals surface area contributed by atoms with Crippen molar-refractivity contribution in [3.8, 4) is 0 Å². The van der Waals surface area contributed by atoms with Gasteiger partial charge in [-0.2, -0.15) is 5.10 Å². The molecule has 0 bridgehead atoms. The predicted molar refractivity (Wildman–Crippen MR) is 61.1 cm³/mol. The van der Waals surface area contributed by atoms with E-state index in [4.69, 9.17) is 5.11 Å². The number of nitrogens with one attached hydrogen (secondary N) is 2. The van der Waals surface area contributed by atoms with Crippen LogP contribution in [-0.2, 0) is 4.79 Å². The highest BCUT2D eigenvalue weighted by Gasteiger charge is 2.37. The number of aromatic amines is 1. The summed E-state index contributed by atoms with van der Waals surface area (Å²) in [7, 11) is 0. The van der Waals surface area contributed by atoms with Gasteiger partial charge in [0.25, 0.3) is 0 Å². The highest BCUT2D eigenvalue weighted by atomic mass is 19.3. The van der Waals surface area contributed by atoms with Gasteiger partial charge in [0.2, 0.25) is 11.8 Å². The first-order chi connectivity index (χ1) is 8.87. The molecule has 3 N–H and O–H groups in total. The lowest BCUT2D eigenvalue weighted by Crippen LogP contribution is -2.31. The summed E-state index contributed by atoms with van der Waals surface area (Å²) in [5.41, 5.74) is -0.148. The number of H-pyrrole nitrogens is 1. The van der Waals surface area contributed by atoms with Gasteiger partial charge in [0.15, 0.2) is 5.82 Å². The summed E-state index contributed by atoms with van der Waals surface area (Å²) >= 11 is 0. The molecule has 0 radical (unpaired) electrons. The Morgan fingerprint density at radius 2 is 2.05 bits per heavy atom. The minimum atomic E-state index is -2.68. The number of nitrogens with zero attached hydrogens (tertiary/aromatic N) is 1. The van der Waals surface area contributed by atoms with Gasteiger partial charge in [-0.25, -0.2) is 13.6 Å². The first-order valence-corrected chi connectivity index (χ1v) is 5.85. The zero-order chi connectivity index (χ0) is 14.0. The maximum Gasteiger partial charge on any atom is 0.353 e. The summed E-state index contributed by atoms with van der Waals surface area (Å²) in [4.78, 5) is 22.4. The molecule has 104 valence electrons. The molecule has 1 saturated carbocycles. The summed E-state index contributed by atoms with van der Waals surface area (Å²) in [5, 5.41) is 17.0. The number of carboxylic acid groups (broad SMARTS) is 1. The molecule has 0 aromatic carbocycles. The van der Waals surface area contributed by atoms with Gasteiger partial charge in [0.05, 0.1) is 0 Å². The minimum absolute atomic E-state index is 0.0831. The van der Waals surface area contributed by atoms with Crippen LogP contribution in [0.1, 0.15) is 36.2 Å². The van der Waals surface area contributed by atoms with Crippen LogP contribution in [0, 0.1) is 5.92 Å². The van der Waals surface area contributed by atoms with Gasteiger partial charge in [-0.05, 0) is 12.8 Å². The Labute approximate surface area is 107 Å². The fraction of sp³-hybridized carbons (Fsp3) is 0.545. The molecule has 0 atom stereocenters. The Bertz CT molecular complexity index is 491. The van der Waals surface area contributed by atoms with Crippen molar-refractivity contribution in [2.75, 3.05) is 5.32 Å². The van der Waals surface area contributed by atoms with Crippen LogP contribution in [0.2, 0.25) is 0 Å². The average molecular weight is 273 g/mol. The molecular weight excluding hydrogens is 260 g/mol. The number of aromatic nitrogens is 2. The Balaban J connectivity index is 1.92. The molecule has 8 heteroatoms. The fourth-order valence-corrected chi connectivity index (χ4v) is 2.03. The molecule has 6 nitrogen and oxygen atoms in total. The predicted octanol–water partition coefficient (Wildman–Crippen LogP) is 1.87. The van der Waals surface area contributed by atoms with Crippen molar-refractivity contribution in [3.05, 3.63) is 11.8 Å². The van der Waals surface area contributed by atoms with E-state index in [9.17, 15) is 18.4 Å². The van der Waals surface area contributed by atoms with Crippen LogP contribution in [0.4, 0.5) is 14.6 Å². The lowest BCUT2D eigenvalue weighted by Gasteiger charge is -2.27. The van der Waals surface area contributed by atoms with Gasteiger partial charge in [-0.15, -0.1) is 0 Å². The number of halogens is 2. The highest BCUT2D eigenvalue weighted by molar-refractivity contribution is 5.93. The van der Waals surface area contributed by atoms with Crippen molar-refractivity contribution < 1.29 is 23.5 Å². The zero-order valence-corrected chi connectivity index (χ0v) is 9.95. The molecule has 0 saturated heterocycles. The van der Waals surface area contributed by atoms with Gasteiger partial charge < -0.3 is 10.4 Å². The molecule has 0 unspecified atom stereocenters. The van der Waals surface area contributed by atoms with E-state index in [1.165, 1.54) is 6.07 Å². The van der Waals surface area contributed by atoms with Crippen LogP contribution >= 0.6 is 0 Å². The second kappa shape index (κ2) is 4.94. The van der Waals surface area contributed by atoms with Crippen molar-refractivity contribution in [1.29, 1.82) is 0 Å². The summed E-state index contributed by atoms with van der Waals surface area (Å²) < 4.78 is 25.9. The Hall–Kier alpha value is -1.99. The third-order valence-corrected chi connectivity index (χ3v) is 3.15. The molecule has 1 aromatic rings. The average Bonchev–Trinajstić information content (AvgIpc) is 2.77. The molecule has 1 aliphatic carbocycles. The number of hydrogen-bond acceptors (Lipinski definition) is 3. The first kappa shape index (κ1) is 13.4. The molecule has 1 aliphatic rings. The van der Waals surface area contributed by atoms with Gasteiger partial charge in [-0.3, -0.25) is 9.89 Å². The molecule has 1 heterocycles. The third-order valence-electron chi connectivity index (χ3n) is 3.15. The van der Waals surface area contributed by atoms with Crippen LogP contribution < -0.4 is 5.32 Å². The van der Waals surface area contributed by atoms with Crippen LogP contribution in [0.3, 0.4) is 0 Å². The molecular formula is C11H13F2N3O3. The van der Waals surface area contributed by atoms with Crippen LogP contribution in [0.25, 0.3) is 0 Å². The molecule has 1 aromatic heterocycles. The van der Waals surface area contributed by atoms with Gasteiger partial charge in [0.1, 0.15) is 5.69 Å². The number of anilines is 1. The number of hydrogen-bond donors (Lipinski definition) is 3. The molecule has 1 amide bonds. The van der Waals surface area contributed by atoms with E-state index in [1.54, 1.807) is 0 Å². The van der Waals surface area contributed by atoms with E-state index in [1.807, 2.05) is 0 Å². The number of carboxylic acids is 1. The number of carbonyl (C=O) groups excluding carboxylic acids is 1. The molecule has 0 aliphatic heterocycles. The van der Waals surface area contributed by atoms with E-state index in [-0.39, 0.29) is 37.2 Å². The molecule has 0 spiro atoms. The van der Waals surface area contributed by atoms with E-state index in [2.05, 4.69) is 15.5 Å². The minimum Gasteiger partial charge on any atom is -0.477 e. The molecule has 19 heavy (non-hydrogen) atoms. The van der Waals surface area contributed by atoms with Gasteiger partial charge in [-0.1, -0.05) is 0 Å². The standard InChI is InChI=1S/C11H13F2N3O3/c12-11(13)3-1-6(2-4-11)9(17)14-8-5-7(10(18)19)15-16-8/h5-6H,1-4H2,(H,18,19)(H2,14,15,16,17). The number of alkyl halides is 2. The second-order valence-electron chi connectivity index (χ2n) is 4.59. The lowest BCUT2D eigenvalue weighted by atomic mass is 9.86. The second-order valence-corrected chi connectivity index (χ2v) is 4.59. The third kappa shape index (κ3) is 3.27. The molecule has 2 rings (SSSR count). The zero-order valence-electron chi connectivity index (χ0n) is 9.95. The Morgan fingerprint density at radius 1 is 1.42 bits per heavy atom. The smallest absolute Gasteiger partial charge is 0.353 e. The van der Waals surface area contributed by atoms with Crippen LogP contribution in [-0.4, -0.2) is 33.1 Å². The van der Waals surface area contributed by atoms with Crippen molar-refractivity contribution in [1.82, 2.24) is 10.2 Å². The number of rotatable bonds is 3. The Morgan fingerprint density at radius 3 is 2.58 bits per heavy atom. The van der Waals surface area contributed by atoms with Crippen molar-refractivity contribution in [2.24, 2.45) is 5.92 Å². The first-order valence-electron chi connectivity index (χ1n) is 5.85. The van der Waals surface area contributed by atoms with Crippen LogP contribution in [0.15, 0.2) is 6.07 Å². The monoisotopic (exact) mass is 273 g/mol. The fourth-order valence-electron chi connectivity index (χ4n) is 2.03. The topological polar surface area (TPSA) is 95.1 Å². The van der Waals surface area contributed by atoms with Crippen molar-refractivity contribution >= 4 is 17.7 Å². The van der Waals surface area contributed by atoms with Crippen molar-refractivity contribution in [3.63, 3.8) is 0 Å². The summed E-state index contributed by atoms with van der Waals surface area (Å²) in [6.45, 7) is 0. The normalized spacial score (nSPS) is 19.1. The SMILES string of the molecule is O=C(O)c1cc(NC(=O)C2CCC(F)(F)CC2)n[nH]1. The number of carbonyl (C=O) groups is 2. The summed E-state index contributed by atoms with van der Waals surface area (Å²) in [6, 6.07) is 1.18. The van der Waals surface area contributed by atoms with E-state index in [0.717, 1.165) is 0 Å². The van der Waals surface area contributed by atoms with E-state index < -0.39 is 23.7 Å².